The number of nitrogens with zero attached hydrogens (tertiary/aromatic N) is 6. The summed E-state index contributed by atoms with van der Waals surface area (Å²) >= 11 is 0. The van der Waals surface area contributed by atoms with E-state index in [-0.39, 0.29) is 11.9 Å². The highest BCUT2D eigenvalue weighted by Crippen LogP contribution is 2.15. The normalized spacial score (nSPS) is 16.6. The molecule has 3 aromatic rings. The predicted octanol–water partition coefficient (Wildman–Crippen LogP) is 0.912. The van der Waals surface area contributed by atoms with Crippen molar-refractivity contribution in [3.8, 4) is 5.69 Å². The van der Waals surface area contributed by atoms with Gasteiger partial charge in [0, 0.05) is 19.0 Å². The molecule has 0 fully saturated rings. The summed E-state index contributed by atoms with van der Waals surface area (Å²) < 4.78 is 2.05. The SMILES string of the molecule is Cc1nnc2n1C[C@H](NC(=O)c1cnn(-c3ccccc3)n1)CC2. The van der Waals surface area contributed by atoms with Crippen LogP contribution in [0.3, 0.4) is 0 Å². The van der Waals surface area contributed by atoms with Crippen LogP contribution in [-0.4, -0.2) is 41.7 Å². The Bertz CT molecular complexity index is 868. The van der Waals surface area contributed by atoms with Crippen molar-refractivity contribution in [3.63, 3.8) is 0 Å². The average molecular weight is 323 g/mol. The third kappa shape index (κ3) is 2.66. The maximum atomic E-state index is 12.4. The lowest BCUT2D eigenvalue weighted by Gasteiger charge is -2.24. The van der Waals surface area contributed by atoms with Crippen LogP contribution in [-0.2, 0) is 13.0 Å². The van der Waals surface area contributed by atoms with E-state index in [0.717, 1.165) is 30.2 Å². The van der Waals surface area contributed by atoms with E-state index in [2.05, 4.69) is 30.3 Å². The number of para-hydroxylation sites is 1. The Morgan fingerprint density at radius 2 is 2.08 bits per heavy atom. The molecular weight excluding hydrogens is 306 g/mol. The molecule has 122 valence electrons. The summed E-state index contributed by atoms with van der Waals surface area (Å²) in [5.74, 6) is 1.64. The summed E-state index contributed by atoms with van der Waals surface area (Å²) in [6.07, 6.45) is 3.14. The van der Waals surface area contributed by atoms with Crippen LogP contribution in [0.25, 0.3) is 5.69 Å². The monoisotopic (exact) mass is 323 g/mol. The molecule has 1 N–H and O–H groups in total. The van der Waals surface area contributed by atoms with E-state index >= 15 is 0 Å². The lowest BCUT2D eigenvalue weighted by molar-refractivity contribution is 0.0922. The average Bonchev–Trinajstić information content (AvgIpc) is 3.24. The van der Waals surface area contributed by atoms with Gasteiger partial charge in [0.1, 0.15) is 11.6 Å². The zero-order valence-corrected chi connectivity index (χ0v) is 13.3. The summed E-state index contributed by atoms with van der Waals surface area (Å²) in [6.45, 7) is 2.61. The standard InChI is InChI=1S/C16H17N7O/c1-11-19-20-15-8-7-12(10-22(11)15)18-16(24)14-9-17-23(21-14)13-5-3-2-4-6-13/h2-6,9,12H,7-8,10H2,1H3,(H,18,24)/t12-/m1/s1. The largest absolute Gasteiger partial charge is 0.346 e. The van der Waals surface area contributed by atoms with E-state index in [9.17, 15) is 4.79 Å². The molecule has 0 unspecified atom stereocenters. The minimum absolute atomic E-state index is 0.0431. The minimum Gasteiger partial charge on any atom is -0.346 e. The summed E-state index contributed by atoms with van der Waals surface area (Å²) in [5, 5.41) is 19.7. The molecule has 1 aliphatic rings. The Balaban J connectivity index is 1.46. The molecule has 1 aliphatic heterocycles. The number of carbonyl (C=O) groups is 1. The highest BCUT2D eigenvalue weighted by Gasteiger charge is 2.24. The lowest BCUT2D eigenvalue weighted by Crippen LogP contribution is -2.41. The number of hydrogen-bond donors (Lipinski definition) is 1. The first kappa shape index (κ1) is 14.6. The van der Waals surface area contributed by atoms with Gasteiger partial charge in [0.2, 0.25) is 0 Å². The van der Waals surface area contributed by atoms with E-state index in [4.69, 9.17) is 0 Å². The maximum absolute atomic E-state index is 12.4. The fourth-order valence-corrected chi connectivity index (χ4v) is 2.89. The fourth-order valence-electron chi connectivity index (χ4n) is 2.89. The summed E-state index contributed by atoms with van der Waals surface area (Å²) in [7, 11) is 0. The highest BCUT2D eigenvalue weighted by atomic mass is 16.2. The van der Waals surface area contributed by atoms with Gasteiger partial charge in [-0.15, -0.1) is 15.3 Å². The van der Waals surface area contributed by atoms with E-state index in [1.54, 1.807) is 0 Å². The summed E-state index contributed by atoms with van der Waals surface area (Å²) in [5.41, 5.74) is 1.13. The zero-order valence-electron chi connectivity index (χ0n) is 13.3. The number of aromatic nitrogens is 6. The van der Waals surface area contributed by atoms with Crippen LogP contribution in [0, 0.1) is 6.92 Å². The molecule has 0 aliphatic carbocycles. The van der Waals surface area contributed by atoms with Gasteiger partial charge in [0.25, 0.3) is 5.91 Å². The molecule has 0 spiro atoms. The molecule has 1 atom stereocenters. The molecule has 4 rings (SSSR count). The second-order valence-corrected chi connectivity index (χ2v) is 5.84. The van der Waals surface area contributed by atoms with Crippen LogP contribution in [0.1, 0.15) is 28.6 Å². The molecule has 3 heterocycles. The van der Waals surface area contributed by atoms with Gasteiger partial charge in [0.05, 0.1) is 11.9 Å². The molecule has 8 nitrogen and oxygen atoms in total. The topological polar surface area (TPSA) is 90.5 Å². The van der Waals surface area contributed by atoms with Crippen LogP contribution in [0.5, 0.6) is 0 Å². The number of fused-ring (bicyclic) bond motifs is 1. The number of hydrogen-bond acceptors (Lipinski definition) is 5. The van der Waals surface area contributed by atoms with Crippen LogP contribution in [0.15, 0.2) is 36.5 Å². The zero-order chi connectivity index (χ0) is 16.5. The van der Waals surface area contributed by atoms with Crippen LogP contribution in [0.4, 0.5) is 0 Å². The summed E-state index contributed by atoms with van der Waals surface area (Å²) in [4.78, 5) is 13.9. The van der Waals surface area contributed by atoms with Gasteiger partial charge in [-0.25, -0.2) is 0 Å². The smallest absolute Gasteiger partial charge is 0.273 e. The Labute approximate surface area is 138 Å². The molecule has 24 heavy (non-hydrogen) atoms. The van der Waals surface area contributed by atoms with Gasteiger partial charge in [0.15, 0.2) is 5.69 Å². The van der Waals surface area contributed by atoms with Crippen LogP contribution in [0.2, 0.25) is 0 Å². The van der Waals surface area contributed by atoms with Crippen molar-refractivity contribution in [1.82, 2.24) is 35.1 Å². The van der Waals surface area contributed by atoms with E-state index < -0.39 is 0 Å². The first-order valence-electron chi connectivity index (χ1n) is 7.88. The molecule has 0 saturated heterocycles. The van der Waals surface area contributed by atoms with Crippen molar-refractivity contribution in [2.75, 3.05) is 0 Å². The van der Waals surface area contributed by atoms with Crippen LogP contribution >= 0.6 is 0 Å². The molecule has 0 saturated carbocycles. The first-order chi connectivity index (χ1) is 11.7. The van der Waals surface area contributed by atoms with Gasteiger partial charge in [-0.05, 0) is 25.5 Å². The fraction of sp³-hybridized carbons (Fsp3) is 0.312. The molecule has 0 bridgehead atoms. The van der Waals surface area contributed by atoms with Crippen LogP contribution < -0.4 is 5.32 Å². The number of aryl methyl sites for hydroxylation is 2. The quantitative estimate of drug-likeness (QED) is 0.774. The summed E-state index contributed by atoms with van der Waals surface area (Å²) in [6, 6.07) is 9.55. The van der Waals surface area contributed by atoms with Gasteiger partial charge in [-0.1, -0.05) is 18.2 Å². The van der Waals surface area contributed by atoms with Crippen molar-refractivity contribution in [2.24, 2.45) is 0 Å². The van der Waals surface area contributed by atoms with Crippen molar-refractivity contribution in [2.45, 2.75) is 32.4 Å². The first-order valence-corrected chi connectivity index (χ1v) is 7.88. The van der Waals surface area contributed by atoms with E-state index in [0.29, 0.717) is 12.2 Å². The van der Waals surface area contributed by atoms with Gasteiger partial charge in [-0.3, -0.25) is 4.79 Å². The number of nitrogens with one attached hydrogen (secondary N) is 1. The number of rotatable bonds is 3. The second-order valence-electron chi connectivity index (χ2n) is 5.84. The highest BCUT2D eigenvalue weighted by molar-refractivity contribution is 5.92. The molecule has 2 aromatic heterocycles. The number of carbonyl (C=O) groups excluding carboxylic acids is 1. The van der Waals surface area contributed by atoms with Gasteiger partial charge >= 0.3 is 0 Å². The molecule has 0 radical (unpaired) electrons. The Hall–Kier alpha value is -3.03. The van der Waals surface area contributed by atoms with Crippen molar-refractivity contribution in [3.05, 3.63) is 53.9 Å². The predicted molar refractivity (Wildman–Crippen MR) is 85.7 cm³/mol. The Kier molecular flexibility index (Phi) is 3.56. The Morgan fingerprint density at radius 3 is 2.92 bits per heavy atom. The minimum atomic E-state index is -0.212. The third-order valence-electron chi connectivity index (χ3n) is 4.18. The van der Waals surface area contributed by atoms with Crippen molar-refractivity contribution >= 4 is 5.91 Å². The lowest BCUT2D eigenvalue weighted by atomic mass is 10.1. The van der Waals surface area contributed by atoms with E-state index in [1.165, 1.54) is 11.0 Å². The third-order valence-corrected chi connectivity index (χ3v) is 4.18. The molecule has 1 amide bonds. The van der Waals surface area contributed by atoms with Crippen molar-refractivity contribution in [1.29, 1.82) is 0 Å². The molecule has 1 aromatic carbocycles. The van der Waals surface area contributed by atoms with Crippen molar-refractivity contribution < 1.29 is 4.79 Å². The van der Waals surface area contributed by atoms with Gasteiger partial charge in [-0.2, -0.15) is 9.90 Å². The Morgan fingerprint density at radius 1 is 1.25 bits per heavy atom. The molecular formula is C16H17N7O. The van der Waals surface area contributed by atoms with Gasteiger partial charge < -0.3 is 9.88 Å². The number of amides is 1. The molecule has 8 heteroatoms. The second kappa shape index (κ2) is 5.88. The number of benzene rings is 1. The maximum Gasteiger partial charge on any atom is 0.273 e. The van der Waals surface area contributed by atoms with E-state index in [1.807, 2.05) is 37.3 Å².